The standard InChI is InChI=1S/C32H18S8/c1-2-10-22-21(9-1)33-29(34-22)17-19(31-37-25-13-5-6-14-26(25)38-31)20(32-39-27-15-7-8-16-28(27)40-32)18-30-35-23-11-3-4-12-24(23)36-30/h1-18H. The fraction of sp³-hybridized carbons (Fsp3) is 0. The maximum Gasteiger partial charge on any atom is 0.0579 e. The van der Waals surface area contributed by atoms with Crippen molar-refractivity contribution in [2.75, 3.05) is 0 Å². The van der Waals surface area contributed by atoms with Gasteiger partial charge in [0, 0.05) is 50.3 Å². The first-order valence-electron chi connectivity index (χ1n) is 12.5. The summed E-state index contributed by atoms with van der Waals surface area (Å²) in [5, 5.41) is 0. The molecule has 8 heteroatoms. The topological polar surface area (TPSA) is 0 Å². The lowest BCUT2D eigenvalue weighted by Gasteiger charge is -2.13. The van der Waals surface area contributed by atoms with Gasteiger partial charge in [0.2, 0.25) is 0 Å². The van der Waals surface area contributed by atoms with Crippen molar-refractivity contribution in [2.24, 2.45) is 0 Å². The Hall–Kier alpha value is -1.36. The van der Waals surface area contributed by atoms with Crippen molar-refractivity contribution in [3.05, 3.63) is 137 Å². The summed E-state index contributed by atoms with van der Waals surface area (Å²) in [4.78, 5) is 10.8. The Morgan fingerprint density at radius 2 is 0.550 bits per heavy atom. The second-order valence-corrected chi connectivity index (χ2v) is 18.5. The Morgan fingerprint density at radius 3 is 0.800 bits per heavy atom. The monoisotopic (exact) mass is 658 g/mol. The summed E-state index contributed by atoms with van der Waals surface area (Å²) in [6, 6.07) is 35.1. The number of thioether (sulfide) groups is 8. The van der Waals surface area contributed by atoms with Gasteiger partial charge in [0.05, 0.1) is 16.9 Å². The number of fused-ring (bicyclic) bond motifs is 4. The third-order valence-electron chi connectivity index (χ3n) is 6.30. The maximum absolute atomic E-state index is 2.46. The molecule has 4 aromatic rings. The van der Waals surface area contributed by atoms with Gasteiger partial charge in [0.15, 0.2) is 0 Å². The molecule has 0 bridgehead atoms. The molecule has 0 amide bonds. The van der Waals surface area contributed by atoms with Crippen molar-refractivity contribution in [1.29, 1.82) is 0 Å². The molecule has 194 valence electrons. The molecule has 8 rings (SSSR count). The SMILES string of the molecule is C(=C1Sc2ccccc2S1)C(=C1Sc2ccccc2S1)C(C=C1Sc2ccccc2S1)=C1Sc2ccccc2S1. The average molecular weight is 659 g/mol. The molecule has 0 fully saturated rings. The molecule has 40 heavy (non-hydrogen) atoms. The molecule has 0 radical (unpaired) electrons. The van der Waals surface area contributed by atoms with Crippen LogP contribution in [0.1, 0.15) is 0 Å². The van der Waals surface area contributed by atoms with Gasteiger partial charge < -0.3 is 0 Å². The van der Waals surface area contributed by atoms with E-state index >= 15 is 0 Å². The first kappa shape index (κ1) is 26.3. The number of hydrogen-bond donors (Lipinski definition) is 0. The van der Waals surface area contributed by atoms with Crippen molar-refractivity contribution in [1.82, 2.24) is 0 Å². The van der Waals surface area contributed by atoms with Crippen LogP contribution in [0.5, 0.6) is 0 Å². The second-order valence-electron chi connectivity index (χ2n) is 8.93. The number of allylic oxidation sites excluding steroid dienone is 4. The van der Waals surface area contributed by atoms with E-state index in [1.807, 2.05) is 94.1 Å². The van der Waals surface area contributed by atoms with E-state index in [4.69, 9.17) is 0 Å². The smallest absolute Gasteiger partial charge is 0.0579 e. The van der Waals surface area contributed by atoms with Gasteiger partial charge in [-0.05, 0) is 60.7 Å². The van der Waals surface area contributed by atoms with Crippen LogP contribution < -0.4 is 0 Å². The molecule has 0 N–H and O–H groups in total. The minimum absolute atomic E-state index is 1.32. The predicted octanol–water partition coefficient (Wildman–Crippen LogP) is 12.7. The van der Waals surface area contributed by atoms with E-state index in [0.717, 1.165) is 0 Å². The molecule has 4 aromatic carbocycles. The number of hydrogen-bond acceptors (Lipinski definition) is 8. The van der Waals surface area contributed by atoms with Crippen LogP contribution in [0.4, 0.5) is 0 Å². The average Bonchev–Trinajstić information content (AvgIpc) is 3.77. The Bertz CT molecular complexity index is 1570. The van der Waals surface area contributed by atoms with Crippen LogP contribution in [0.15, 0.2) is 176 Å². The molecule has 0 saturated heterocycles. The van der Waals surface area contributed by atoms with E-state index in [9.17, 15) is 0 Å². The summed E-state index contributed by atoms with van der Waals surface area (Å²) >= 11 is 15.2. The zero-order valence-electron chi connectivity index (χ0n) is 20.7. The van der Waals surface area contributed by atoms with Crippen LogP contribution in [0.25, 0.3) is 0 Å². The second kappa shape index (κ2) is 11.4. The normalized spacial score (nSPS) is 16.5. The highest BCUT2D eigenvalue weighted by Crippen LogP contribution is 2.60. The highest BCUT2D eigenvalue weighted by molar-refractivity contribution is 8.26. The van der Waals surface area contributed by atoms with Crippen LogP contribution >= 0.6 is 94.1 Å². The first-order valence-corrected chi connectivity index (χ1v) is 19.0. The van der Waals surface area contributed by atoms with E-state index in [1.165, 1.54) is 67.3 Å². The molecule has 0 nitrogen and oxygen atoms in total. The van der Waals surface area contributed by atoms with Crippen LogP contribution in [-0.2, 0) is 0 Å². The molecule has 0 unspecified atom stereocenters. The zero-order chi connectivity index (χ0) is 26.5. The van der Waals surface area contributed by atoms with Gasteiger partial charge >= 0.3 is 0 Å². The number of benzene rings is 4. The Labute approximate surface area is 268 Å². The van der Waals surface area contributed by atoms with Gasteiger partial charge in [0.1, 0.15) is 0 Å². The van der Waals surface area contributed by atoms with Crippen LogP contribution in [-0.4, -0.2) is 0 Å². The van der Waals surface area contributed by atoms with Crippen LogP contribution in [0.3, 0.4) is 0 Å². The van der Waals surface area contributed by atoms with E-state index in [1.54, 1.807) is 0 Å². The molecular formula is C32H18S8. The van der Waals surface area contributed by atoms with Crippen molar-refractivity contribution >= 4 is 94.1 Å². The van der Waals surface area contributed by atoms with Crippen molar-refractivity contribution in [3.8, 4) is 0 Å². The summed E-state index contributed by atoms with van der Waals surface area (Å²) < 4.78 is 5.37. The van der Waals surface area contributed by atoms with E-state index in [2.05, 4.69) is 109 Å². The summed E-state index contributed by atoms with van der Waals surface area (Å²) in [6.45, 7) is 0. The molecule has 4 aliphatic rings. The highest BCUT2D eigenvalue weighted by atomic mass is 32.2. The summed E-state index contributed by atoms with van der Waals surface area (Å²) in [5.74, 6) is 0. The lowest BCUT2D eigenvalue weighted by molar-refractivity contribution is 1.27. The van der Waals surface area contributed by atoms with Crippen molar-refractivity contribution < 1.29 is 0 Å². The quantitative estimate of drug-likeness (QED) is 0.211. The van der Waals surface area contributed by atoms with Gasteiger partial charge in [-0.1, -0.05) is 143 Å². The van der Waals surface area contributed by atoms with Gasteiger partial charge in [-0.3, -0.25) is 0 Å². The van der Waals surface area contributed by atoms with E-state index in [-0.39, 0.29) is 0 Å². The minimum atomic E-state index is 1.32. The van der Waals surface area contributed by atoms with Gasteiger partial charge in [-0.2, -0.15) is 0 Å². The Morgan fingerprint density at radius 1 is 0.325 bits per heavy atom. The molecule has 4 aliphatic heterocycles. The largest absolute Gasteiger partial charge is 0.0815 e. The third kappa shape index (κ3) is 5.20. The lowest BCUT2D eigenvalue weighted by atomic mass is 10.1. The maximum atomic E-state index is 2.46. The zero-order valence-corrected chi connectivity index (χ0v) is 27.2. The molecule has 4 heterocycles. The Kier molecular flexibility index (Phi) is 7.48. The molecular weight excluding hydrogens is 641 g/mol. The van der Waals surface area contributed by atoms with Gasteiger partial charge in [0.25, 0.3) is 0 Å². The molecule has 0 aromatic heterocycles. The van der Waals surface area contributed by atoms with Crippen molar-refractivity contribution in [2.45, 2.75) is 39.2 Å². The lowest BCUT2D eigenvalue weighted by Crippen LogP contribution is -1.90. The van der Waals surface area contributed by atoms with Gasteiger partial charge in [-0.25, -0.2) is 0 Å². The first-order chi connectivity index (χ1) is 19.8. The summed E-state index contributed by atoms with van der Waals surface area (Å²) in [7, 11) is 0. The van der Waals surface area contributed by atoms with Crippen LogP contribution in [0, 0.1) is 0 Å². The van der Waals surface area contributed by atoms with Gasteiger partial charge in [-0.15, -0.1) is 0 Å². The minimum Gasteiger partial charge on any atom is -0.0815 e. The molecule has 0 saturated carbocycles. The number of rotatable bonds is 3. The Balaban J connectivity index is 1.29. The van der Waals surface area contributed by atoms with Crippen molar-refractivity contribution in [3.63, 3.8) is 0 Å². The highest BCUT2D eigenvalue weighted by Gasteiger charge is 2.29. The van der Waals surface area contributed by atoms with E-state index < -0.39 is 0 Å². The summed E-state index contributed by atoms with van der Waals surface area (Å²) in [5.41, 5.74) is 2.64. The van der Waals surface area contributed by atoms with Crippen LogP contribution in [0.2, 0.25) is 0 Å². The predicted molar refractivity (Wildman–Crippen MR) is 183 cm³/mol. The fourth-order valence-corrected chi connectivity index (χ4v) is 14.3. The summed E-state index contributed by atoms with van der Waals surface area (Å²) in [6.07, 6.45) is 4.91. The molecule has 0 spiro atoms. The fourth-order valence-electron chi connectivity index (χ4n) is 4.46. The molecule has 0 atom stereocenters. The van der Waals surface area contributed by atoms with E-state index in [0.29, 0.717) is 0 Å². The third-order valence-corrected chi connectivity index (χ3v) is 16.3. The molecule has 0 aliphatic carbocycles.